The number of amides is 2. The maximum atomic E-state index is 12.8. The molecular formula is C21H25N3O6S. The van der Waals surface area contributed by atoms with Crippen molar-refractivity contribution in [1.82, 2.24) is 5.32 Å². The number of nitrogens with one attached hydrogen (secondary N) is 2. The number of aryl methyl sites for hydroxylation is 1. The molecule has 0 saturated heterocycles. The number of methoxy groups -OCH3 is 1. The molecule has 2 aromatic rings. The summed E-state index contributed by atoms with van der Waals surface area (Å²) in [6.07, 6.45) is 4.52. The van der Waals surface area contributed by atoms with Crippen molar-refractivity contribution < 1.29 is 24.0 Å². The van der Waals surface area contributed by atoms with Gasteiger partial charge in [0.15, 0.2) is 6.61 Å². The molecule has 0 spiro atoms. The first-order valence-corrected chi connectivity index (χ1v) is 10.9. The predicted molar refractivity (Wildman–Crippen MR) is 117 cm³/mol. The summed E-state index contributed by atoms with van der Waals surface area (Å²) in [4.78, 5) is 36.6. The van der Waals surface area contributed by atoms with Crippen LogP contribution in [0.5, 0.6) is 5.75 Å². The number of thiophene rings is 1. The molecule has 0 unspecified atom stereocenters. The lowest BCUT2D eigenvalue weighted by molar-refractivity contribution is -0.384. The van der Waals surface area contributed by atoms with Crippen molar-refractivity contribution in [3.8, 4) is 5.75 Å². The van der Waals surface area contributed by atoms with E-state index in [2.05, 4.69) is 10.6 Å². The predicted octanol–water partition coefficient (Wildman–Crippen LogP) is 3.32. The molecule has 1 aromatic heterocycles. The lowest BCUT2D eigenvalue weighted by Crippen LogP contribution is -2.28. The van der Waals surface area contributed by atoms with Gasteiger partial charge in [-0.2, -0.15) is 0 Å². The molecule has 1 aromatic carbocycles. The van der Waals surface area contributed by atoms with Crippen LogP contribution in [0.15, 0.2) is 24.3 Å². The monoisotopic (exact) mass is 447 g/mol. The highest BCUT2D eigenvalue weighted by molar-refractivity contribution is 7.17. The van der Waals surface area contributed by atoms with Gasteiger partial charge in [-0.1, -0.05) is 0 Å². The van der Waals surface area contributed by atoms with E-state index < -0.39 is 10.8 Å². The molecular weight excluding hydrogens is 422 g/mol. The van der Waals surface area contributed by atoms with Crippen LogP contribution >= 0.6 is 11.3 Å². The Morgan fingerprint density at radius 3 is 2.65 bits per heavy atom. The highest BCUT2D eigenvalue weighted by Gasteiger charge is 2.26. The molecule has 0 fully saturated rings. The van der Waals surface area contributed by atoms with Crippen molar-refractivity contribution in [2.24, 2.45) is 0 Å². The Bertz CT molecular complexity index is 941. The highest BCUT2D eigenvalue weighted by atomic mass is 32.1. The minimum Gasteiger partial charge on any atom is -0.484 e. The molecule has 0 atom stereocenters. The minimum absolute atomic E-state index is 0.0536. The van der Waals surface area contributed by atoms with Gasteiger partial charge in [-0.25, -0.2) is 0 Å². The van der Waals surface area contributed by atoms with Gasteiger partial charge in [0.05, 0.1) is 10.5 Å². The number of rotatable bonds is 10. The van der Waals surface area contributed by atoms with Gasteiger partial charge in [0.2, 0.25) is 0 Å². The number of nitro benzene ring substituents is 1. The number of carbonyl (C=O) groups excluding carboxylic acids is 2. The zero-order valence-corrected chi connectivity index (χ0v) is 18.1. The van der Waals surface area contributed by atoms with Crippen LogP contribution < -0.4 is 15.4 Å². The third kappa shape index (κ3) is 6.02. The molecule has 1 aliphatic rings. The van der Waals surface area contributed by atoms with Crippen LogP contribution in [0.25, 0.3) is 0 Å². The first kappa shape index (κ1) is 22.7. The second kappa shape index (κ2) is 10.9. The molecule has 0 radical (unpaired) electrons. The standard InChI is InChI=1S/C21H25N3O6S/c1-29-12-4-11-22-20(26)19-16-5-2-3-6-17(16)31-21(19)23-18(25)13-30-15-9-7-14(8-10-15)24(27)28/h7-10H,2-6,11-13H2,1H3,(H,22,26)(H,23,25). The van der Waals surface area contributed by atoms with Crippen LogP contribution in [0.1, 0.15) is 40.1 Å². The second-order valence-electron chi connectivity index (χ2n) is 7.11. The van der Waals surface area contributed by atoms with E-state index in [-0.39, 0.29) is 18.2 Å². The maximum absolute atomic E-state index is 12.8. The van der Waals surface area contributed by atoms with E-state index in [9.17, 15) is 19.7 Å². The Morgan fingerprint density at radius 1 is 1.19 bits per heavy atom. The third-order valence-electron chi connectivity index (χ3n) is 4.88. The number of nitrogens with zero attached hydrogens (tertiary/aromatic N) is 1. The number of ether oxygens (including phenoxy) is 2. The van der Waals surface area contributed by atoms with E-state index in [4.69, 9.17) is 9.47 Å². The molecule has 3 rings (SSSR count). The van der Waals surface area contributed by atoms with E-state index in [0.29, 0.717) is 35.9 Å². The molecule has 0 bridgehead atoms. The van der Waals surface area contributed by atoms with Gasteiger partial charge >= 0.3 is 0 Å². The van der Waals surface area contributed by atoms with Crippen molar-refractivity contribution in [3.63, 3.8) is 0 Å². The summed E-state index contributed by atoms with van der Waals surface area (Å²) in [6.45, 7) is 0.787. The van der Waals surface area contributed by atoms with Gasteiger partial charge in [-0.05, 0) is 49.8 Å². The molecule has 1 aliphatic carbocycles. The fourth-order valence-electron chi connectivity index (χ4n) is 3.38. The Labute approximate surface area is 183 Å². The molecule has 0 aliphatic heterocycles. The zero-order valence-electron chi connectivity index (χ0n) is 17.3. The summed E-state index contributed by atoms with van der Waals surface area (Å²) in [5.41, 5.74) is 1.51. The molecule has 0 saturated carbocycles. The van der Waals surface area contributed by atoms with Crippen molar-refractivity contribution in [3.05, 3.63) is 50.4 Å². The molecule has 166 valence electrons. The van der Waals surface area contributed by atoms with Crippen LogP contribution in [-0.4, -0.2) is 43.6 Å². The topological polar surface area (TPSA) is 120 Å². The molecule has 9 nitrogen and oxygen atoms in total. The Morgan fingerprint density at radius 2 is 1.94 bits per heavy atom. The van der Waals surface area contributed by atoms with Crippen molar-refractivity contribution in [2.45, 2.75) is 32.1 Å². The molecule has 31 heavy (non-hydrogen) atoms. The van der Waals surface area contributed by atoms with Crippen molar-refractivity contribution >= 4 is 33.8 Å². The van der Waals surface area contributed by atoms with Gasteiger partial charge < -0.3 is 20.1 Å². The molecule has 2 N–H and O–H groups in total. The zero-order chi connectivity index (χ0) is 22.2. The van der Waals surface area contributed by atoms with E-state index in [1.54, 1.807) is 7.11 Å². The van der Waals surface area contributed by atoms with Crippen LogP contribution in [0, 0.1) is 10.1 Å². The Kier molecular flexibility index (Phi) is 7.96. The Balaban J connectivity index is 1.65. The lowest BCUT2D eigenvalue weighted by Gasteiger charge is -2.13. The summed E-state index contributed by atoms with van der Waals surface area (Å²) in [7, 11) is 1.61. The number of anilines is 1. The van der Waals surface area contributed by atoms with Crippen LogP contribution in [-0.2, 0) is 22.4 Å². The second-order valence-corrected chi connectivity index (χ2v) is 8.21. The van der Waals surface area contributed by atoms with E-state index in [0.717, 1.165) is 36.1 Å². The average molecular weight is 448 g/mol. The first-order chi connectivity index (χ1) is 15.0. The number of hydrogen-bond acceptors (Lipinski definition) is 7. The number of non-ortho nitro benzene ring substituents is 1. The Hall–Kier alpha value is -2.98. The number of fused-ring (bicyclic) bond motifs is 1. The summed E-state index contributed by atoms with van der Waals surface area (Å²) < 4.78 is 10.4. The number of carbonyl (C=O) groups is 2. The summed E-state index contributed by atoms with van der Waals surface area (Å²) in [6, 6.07) is 5.50. The summed E-state index contributed by atoms with van der Waals surface area (Å²) in [5, 5.41) is 17.0. The molecule has 1 heterocycles. The SMILES string of the molecule is COCCCNC(=O)c1c(NC(=O)COc2ccc([N+](=O)[O-])cc2)sc2c1CCCC2. The van der Waals surface area contributed by atoms with Crippen LogP contribution in [0.3, 0.4) is 0 Å². The van der Waals surface area contributed by atoms with Gasteiger partial charge in [0, 0.05) is 37.3 Å². The van der Waals surface area contributed by atoms with E-state index >= 15 is 0 Å². The number of benzene rings is 1. The minimum atomic E-state index is -0.503. The summed E-state index contributed by atoms with van der Waals surface area (Å²) in [5.74, 6) is -0.241. The third-order valence-corrected chi connectivity index (χ3v) is 6.09. The molecule has 2 amide bonds. The summed E-state index contributed by atoms with van der Waals surface area (Å²) >= 11 is 1.44. The van der Waals surface area contributed by atoms with Gasteiger partial charge in [-0.15, -0.1) is 11.3 Å². The largest absolute Gasteiger partial charge is 0.484 e. The van der Waals surface area contributed by atoms with Gasteiger partial charge in [0.25, 0.3) is 17.5 Å². The first-order valence-electron chi connectivity index (χ1n) is 10.1. The van der Waals surface area contributed by atoms with Crippen LogP contribution in [0.2, 0.25) is 0 Å². The smallest absolute Gasteiger partial charge is 0.269 e. The van der Waals surface area contributed by atoms with E-state index in [1.807, 2.05) is 0 Å². The van der Waals surface area contributed by atoms with Crippen molar-refractivity contribution in [2.75, 3.05) is 32.2 Å². The normalized spacial score (nSPS) is 12.7. The highest BCUT2D eigenvalue weighted by Crippen LogP contribution is 2.38. The molecule has 10 heteroatoms. The number of nitro groups is 1. The fourth-order valence-corrected chi connectivity index (χ4v) is 4.68. The van der Waals surface area contributed by atoms with Crippen LogP contribution in [0.4, 0.5) is 10.7 Å². The maximum Gasteiger partial charge on any atom is 0.269 e. The van der Waals surface area contributed by atoms with Gasteiger partial charge in [-0.3, -0.25) is 19.7 Å². The van der Waals surface area contributed by atoms with Crippen molar-refractivity contribution in [1.29, 1.82) is 0 Å². The van der Waals surface area contributed by atoms with E-state index in [1.165, 1.54) is 35.6 Å². The average Bonchev–Trinajstić information content (AvgIpc) is 3.13. The lowest BCUT2D eigenvalue weighted by atomic mass is 9.95. The van der Waals surface area contributed by atoms with Gasteiger partial charge in [0.1, 0.15) is 10.8 Å². The quantitative estimate of drug-likeness (QED) is 0.328. The fraction of sp³-hybridized carbons (Fsp3) is 0.429. The number of hydrogen-bond donors (Lipinski definition) is 2.